The molecule has 0 aliphatic heterocycles. The molecular formula is C15H27N3O2S. The minimum absolute atomic E-state index is 0.665. The van der Waals surface area contributed by atoms with E-state index in [0.29, 0.717) is 13.2 Å². The number of guanidine groups is 1. The van der Waals surface area contributed by atoms with Gasteiger partial charge in [0.1, 0.15) is 0 Å². The molecule has 0 bridgehead atoms. The van der Waals surface area contributed by atoms with E-state index in [1.54, 1.807) is 18.4 Å². The smallest absolute Gasteiger partial charge is 0.191 e. The van der Waals surface area contributed by atoms with Crippen molar-refractivity contribution in [2.45, 2.75) is 26.3 Å². The Kier molecular flexibility index (Phi) is 10.8. The fourth-order valence-corrected chi connectivity index (χ4v) is 2.31. The molecule has 0 amide bonds. The van der Waals surface area contributed by atoms with Gasteiger partial charge < -0.3 is 20.1 Å². The standard InChI is InChI=1S/C15H27N3O2S/c1-3-16-15(18-13-14-7-6-12-21-14)17-8-4-5-9-20-11-10-19-2/h6-7,12H,3-5,8-11,13H2,1-2H3,(H2,16,17,18). The molecule has 120 valence electrons. The van der Waals surface area contributed by atoms with Crippen molar-refractivity contribution in [3.8, 4) is 0 Å². The number of nitrogens with zero attached hydrogens (tertiary/aromatic N) is 1. The van der Waals surface area contributed by atoms with Crippen LogP contribution in [-0.4, -0.2) is 46.0 Å². The first-order valence-electron chi connectivity index (χ1n) is 7.48. The number of nitrogens with one attached hydrogen (secondary N) is 2. The molecule has 5 nitrogen and oxygen atoms in total. The average Bonchev–Trinajstić information content (AvgIpc) is 3.00. The zero-order chi connectivity index (χ0) is 15.2. The minimum Gasteiger partial charge on any atom is -0.382 e. The second-order valence-corrected chi connectivity index (χ2v) is 5.55. The lowest BCUT2D eigenvalue weighted by Gasteiger charge is -2.11. The third kappa shape index (κ3) is 9.44. The van der Waals surface area contributed by atoms with E-state index in [2.05, 4.69) is 40.1 Å². The highest BCUT2D eigenvalue weighted by molar-refractivity contribution is 7.09. The summed E-state index contributed by atoms with van der Waals surface area (Å²) in [6.07, 6.45) is 2.11. The quantitative estimate of drug-likeness (QED) is 0.374. The average molecular weight is 313 g/mol. The van der Waals surface area contributed by atoms with Gasteiger partial charge in [-0.05, 0) is 31.2 Å². The number of thiophene rings is 1. The topological polar surface area (TPSA) is 54.9 Å². The van der Waals surface area contributed by atoms with Crippen LogP contribution in [0.15, 0.2) is 22.5 Å². The van der Waals surface area contributed by atoms with Crippen LogP contribution >= 0.6 is 11.3 Å². The van der Waals surface area contributed by atoms with Crippen molar-refractivity contribution in [2.24, 2.45) is 4.99 Å². The largest absolute Gasteiger partial charge is 0.382 e. The zero-order valence-electron chi connectivity index (χ0n) is 13.1. The minimum atomic E-state index is 0.665. The monoisotopic (exact) mass is 313 g/mol. The predicted octanol–water partition coefficient (Wildman–Crippen LogP) is 2.25. The van der Waals surface area contributed by atoms with Gasteiger partial charge in [0, 0.05) is 31.7 Å². The van der Waals surface area contributed by atoms with Crippen LogP contribution in [-0.2, 0) is 16.0 Å². The molecule has 0 saturated heterocycles. The van der Waals surface area contributed by atoms with Gasteiger partial charge in [-0.2, -0.15) is 0 Å². The molecule has 0 aliphatic carbocycles. The van der Waals surface area contributed by atoms with Crippen LogP contribution in [0, 0.1) is 0 Å². The Bertz CT molecular complexity index is 369. The molecule has 0 aliphatic rings. The van der Waals surface area contributed by atoms with E-state index >= 15 is 0 Å². The van der Waals surface area contributed by atoms with Gasteiger partial charge in [0.15, 0.2) is 5.96 Å². The summed E-state index contributed by atoms with van der Waals surface area (Å²) in [7, 11) is 1.69. The summed E-state index contributed by atoms with van der Waals surface area (Å²) in [6, 6.07) is 4.16. The summed E-state index contributed by atoms with van der Waals surface area (Å²) < 4.78 is 10.4. The van der Waals surface area contributed by atoms with E-state index in [1.165, 1.54) is 4.88 Å². The van der Waals surface area contributed by atoms with Crippen LogP contribution < -0.4 is 10.6 Å². The van der Waals surface area contributed by atoms with Crippen LogP contribution in [0.1, 0.15) is 24.6 Å². The van der Waals surface area contributed by atoms with Crippen molar-refractivity contribution in [1.29, 1.82) is 0 Å². The van der Waals surface area contributed by atoms with Gasteiger partial charge >= 0.3 is 0 Å². The van der Waals surface area contributed by atoms with Crippen molar-refractivity contribution in [3.05, 3.63) is 22.4 Å². The van der Waals surface area contributed by atoms with Crippen LogP contribution in [0.3, 0.4) is 0 Å². The van der Waals surface area contributed by atoms with E-state index in [1.807, 2.05) is 0 Å². The third-order valence-electron chi connectivity index (χ3n) is 2.76. The van der Waals surface area contributed by atoms with Crippen molar-refractivity contribution in [3.63, 3.8) is 0 Å². The molecule has 0 aromatic carbocycles. The van der Waals surface area contributed by atoms with Crippen molar-refractivity contribution < 1.29 is 9.47 Å². The number of hydrogen-bond donors (Lipinski definition) is 2. The molecule has 1 heterocycles. The van der Waals surface area contributed by atoms with Gasteiger partial charge in [0.05, 0.1) is 19.8 Å². The Morgan fingerprint density at radius 2 is 2.14 bits per heavy atom. The number of rotatable bonds is 11. The van der Waals surface area contributed by atoms with E-state index in [0.717, 1.165) is 45.0 Å². The SMILES string of the molecule is CCNC(=NCc1cccs1)NCCCCOCCOC. The maximum absolute atomic E-state index is 5.43. The second kappa shape index (κ2) is 12.6. The van der Waals surface area contributed by atoms with Crippen molar-refractivity contribution >= 4 is 17.3 Å². The van der Waals surface area contributed by atoms with Gasteiger partial charge in [0.25, 0.3) is 0 Å². The van der Waals surface area contributed by atoms with E-state index < -0.39 is 0 Å². The number of aliphatic imine (C=N–C) groups is 1. The molecule has 1 aromatic rings. The highest BCUT2D eigenvalue weighted by atomic mass is 32.1. The molecule has 0 spiro atoms. The summed E-state index contributed by atoms with van der Waals surface area (Å²) in [6.45, 7) is 6.71. The van der Waals surface area contributed by atoms with Gasteiger partial charge in [-0.15, -0.1) is 11.3 Å². The molecule has 6 heteroatoms. The highest BCUT2D eigenvalue weighted by Crippen LogP contribution is 2.09. The molecule has 2 N–H and O–H groups in total. The first-order chi connectivity index (χ1) is 10.4. The zero-order valence-corrected chi connectivity index (χ0v) is 13.9. The van der Waals surface area contributed by atoms with Crippen molar-refractivity contribution in [2.75, 3.05) is 40.0 Å². The van der Waals surface area contributed by atoms with Crippen LogP contribution in [0.5, 0.6) is 0 Å². The Labute approximate surface area is 131 Å². The Morgan fingerprint density at radius 3 is 2.86 bits per heavy atom. The highest BCUT2D eigenvalue weighted by Gasteiger charge is 1.98. The van der Waals surface area contributed by atoms with Crippen LogP contribution in [0.25, 0.3) is 0 Å². The first kappa shape index (κ1) is 17.9. The number of unbranched alkanes of at least 4 members (excludes halogenated alkanes) is 1. The lowest BCUT2D eigenvalue weighted by molar-refractivity contribution is 0.0689. The molecule has 0 unspecified atom stereocenters. The molecule has 21 heavy (non-hydrogen) atoms. The summed E-state index contributed by atoms with van der Waals surface area (Å²) >= 11 is 1.73. The molecule has 1 aromatic heterocycles. The lowest BCUT2D eigenvalue weighted by atomic mass is 10.3. The molecular weight excluding hydrogens is 286 g/mol. The molecule has 0 atom stereocenters. The number of methoxy groups -OCH3 is 1. The van der Waals surface area contributed by atoms with E-state index in [4.69, 9.17) is 9.47 Å². The van der Waals surface area contributed by atoms with Crippen molar-refractivity contribution in [1.82, 2.24) is 10.6 Å². The summed E-state index contributed by atoms with van der Waals surface area (Å²) in [5.74, 6) is 0.881. The van der Waals surface area contributed by atoms with Gasteiger partial charge in [-0.25, -0.2) is 4.99 Å². The lowest BCUT2D eigenvalue weighted by Crippen LogP contribution is -2.37. The normalized spacial score (nSPS) is 11.6. The van der Waals surface area contributed by atoms with Gasteiger partial charge in [0.2, 0.25) is 0 Å². The molecule has 0 radical (unpaired) electrons. The van der Waals surface area contributed by atoms with Gasteiger partial charge in [-0.3, -0.25) is 0 Å². The van der Waals surface area contributed by atoms with Crippen LogP contribution in [0.2, 0.25) is 0 Å². The molecule has 0 saturated carbocycles. The maximum atomic E-state index is 5.43. The Hall–Kier alpha value is -1.11. The van der Waals surface area contributed by atoms with Gasteiger partial charge in [-0.1, -0.05) is 6.07 Å². The Balaban J connectivity index is 2.11. The fraction of sp³-hybridized carbons (Fsp3) is 0.667. The summed E-state index contributed by atoms with van der Waals surface area (Å²) in [5, 5.41) is 8.69. The number of hydrogen-bond acceptors (Lipinski definition) is 4. The Morgan fingerprint density at radius 1 is 1.24 bits per heavy atom. The maximum Gasteiger partial charge on any atom is 0.191 e. The predicted molar refractivity (Wildman–Crippen MR) is 89.1 cm³/mol. The summed E-state index contributed by atoms with van der Waals surface area (Å²) in [5.41, 5.74) is 0. The fourth-order valence-electron chi connectivity index (χ4n) is 1.68. The van der Waals surface area contributed by atoms with E-state index in [-0.39, 0.29) is 0 Å². The summed E-state index contributed by atoms with van der Waals surface area (Å²) in [4.78, 5) is 5.85. The molecule has 0 fully saturated rings. The van der Waals surface area contributed by atoms with Crippen LogP contribution in [0.4, 0.5) is 0 Å². The second-order valence-electron chi connectivity index (χ2n) is 4.51. The molecule has 1 rings (SSSR count). The third-order valence-corrected chi connectivity index (χ3v) is 3.62. The number of ether oxygens (including phenoxy) is 2. The first-order valence-corrected chi connectivity index (χ1v) is 8.36. The van der Waals surface area contributed by atoms with E-state index in [9.17, 15) is 0 Å².